The van der Waals surface area contributed by atoms with E-state index in [0.717, 1.165) is 31.2 Å². The van der Waals surface area contributed by atoms with E-state index in [4.69, 9.17) is 5.73 Å². The maximum atomic E-state index is 12.8. The molecule has 0 saturated heterocycles. The molecule has 3 heteroatoms. The van der Waals surface area contributed by atoms with Crippen molar-refractivity contribution in [1.82, 2.24) is 5.32 Å². The Morgan fingerprint density at radius 2 is 1.81 bits per heavy atom. The van der Waals surface area contributed by atoms with E-state index in [0.29, 0.717) is 6.54 Å². The van der Waals surface area contributed by atoms with Crippen molar-refractivity contribution in [3.8, 4) is 0 Å². The number of hydrogen-bond donors (Lipinski definition) is 2. The molecule has 1 fully saturated rings. The van der Waals surface area contributed by atoms with Crippen LogP contribution in [0.15, 0.2) is 30.3 Å². The molecule has 3 N–H and O–H groups in total. The van der Waals surface area contributed by atoms with Crippen LogP contribution in [0.5, 0.6) is 0 Å². The molecular formula is C18H28N2O. The van der Waals surface area contributed by atoms with E-state index >= 15 is 0 Å². The van der Waals surface area contributed by atoms with Gasteiger partial charge in [0.25, 0.3) is 0 Å². The first kappa shape index (κ1) is 16.0. The fourth-order valence-corrected chi connectivity index (χ4v) is 3.31. The third-order valence-electron chi connectivity index (χ3n) is 4.71. The molecule has 0 radical (unpaired) electrons. The standard InChI is InChI=1S/C18H28N2O/c1-17(2,3)15(14-9-5-4-6-10-14)20-16(21)18(13-19)11-7-8-12-18/h4-6,9-10,15H,7-8,11-13,19H2,1-3H3,(H,20,21). The Morgan fingerprint density at radius 1 is 1.24 bits per heavy atom. The smallest absolute Gasteiger partial charge is 0.227 e. The minimum atomic E-state index is -0.349. The number of nitrogens with two attached hydrogens (primary N) is 1. The number of rotatable bonds is 4. The molecule has 1 aliphatic carbocycles. The third-order valence-corrected chi connectivity index (χ3v) is 4.71. The van der Waals surface area contributed by atoms with Crippen molar-refractivity contribution in [1.29, 1.82) is 0 Å². The first-order chi connectivity index (χ1) is 9.89. The van der Waals surface area contributed by atoms with E-state index < -0.39 is 0 Å². The zero-order valence-electron chi connectivity index (χ0n) is 13.5. The summed E-state index contributed by atoms with van der Waals surface area (Å²) in [5, 5.41) is 3.29. The van der Waals surface area contributed by atoms with E-state index in [2.05, 4.69) is 38.2 Å². The van der Waals surface area contributed by atoms with Crippen LogP contribution in [0.2, 0.25) is 0 Å². The molecule has 0 bridgehead atoms. The molecule has 1 aromatic carbocycles. The lowest BCUT2D eigenvalue weighted by Crippen LogP contribution is -2.47. The summed E-state index contributed by atoms with van der Waals surface area (Å²) in [4.78, 5) is 12.8. The van der Waals surface area contributed by atoms with Gasteiger partial charge in [-0.2, -0.15) is 0 Å². The highest BCUT2D eigenvalue weighted by molar-refractivity contribution is 5.83. The maximum absolute atomic E-state index is 12.8. The Labute approximate surface area is 128 Å². The summed E-state index contributed by atoms with van der Waals surface area (Å²) < 4.78 is 0. The Balaban J connectivity index is 2.22. The monoisotopic (exact) mass is 288 g/mol. The van der Waals surface area contributed by atoms with Crippen molar-refractivity contribution < 1.29 is 4.79 Å². The summed E-state index contributed by atoms with van der Waals surface area (Å²) in [6, 6.07) is 10.2. The second kappa shape index (κ2) is 6.18. The van der Waals surface area contributed by atoms with Crippen molar-refractivity contribution in [3.05, 3.63) is 35.9 Å². The van der Waals surface area contributed by atoms with Crippen molar-refractivity contribution in [2.24, 2.45) is 16.6 Å². The molecule has 116 valence electrons. The molecule has 1 amide bonds. The van der Waals surface area contributed by atoms with Crippen molar-refractivity contribution in [2.45, 2.75) is 52.5 Å². The molecule has 1 saturated carbocycles. The highest BCUT2D eigenvalue weighted by Crippen LogP contribution is 2.39. The highest BCUT2D eigenvalue weighted by Gasteiger charge is 2.41. The molecule has 1 atom stereocenters. The van der Waals surface area contributed by atoms with Gasteiger partial charge in [-0.25, -0.2) is 0 Å². The second-order valence-corrected chi connectivity index (χ2v) is 7.37. The molecule has 21 heavy (non-hydrogen) atoms. The number of carbonyl (C=O) groups excluding carboxylic acids is 1. The van der Waals surface area contributed by atoms with E-state index in [1.807, 2.05) is 18.2 Å². The predicted octanol–water partition coefficient (Wildman–Crippen LogP) is 3.41. The summed E-state index contributed by atoms with van der Waals surface area (Å²) in [6.45, 7) is 6.93. The van der Waals surface area contributed by atoms with E-state index in [1.54, 1.807) is 0 Å². The molecule has 1 aromatic rings. The molecule has 2 rings (SSSR count). The van der Waals surface area contributed by atoms with Crippen LogP contribution in [0.25, 0.3) is 0 Å². The van der Waals surface area contributed by atoms with Gasteiger partial charge in [-0.1, -0.05) is 63.9 Å². The van der Waals surface area contributed by atoms with Gasteiger partial charge in [0.2, 0.25) is 5.91 Å². The topological polar surface area (TPSA) is 55.1 Å². The molecule has 1 unspecified atom stereocenters. The SMILES string of the molecule is CC(C)(C)C(NC(=O)C1(CN)CCCC1)c1ccccc1. The average Bonchev–Trinajstić information content (AvgIpc) is 2.94. The van der Waals surface area contributed by atoms with Crippen molar-refractivity contribution >= 4 is 5.91 Å². The van der Waals surface area contributed by atoms with Gasteiger partial charge in [-0.05, 0) is 23.8 Å². The Hall–Kier alpha value is -1.35. The fraction of sp³-hybridized carbons (Fsp3) is 0.611. The summed E-state index contributed by atoms with van der Waals surface area (Å²) in [7, 11) is 0. The van der Waals surface area contributed by atoms with Gasteiger partial charge in [0, 0.05) is 6.54 Å². The van der Waals surface area contributed by atoms with Crippen LogP contribution in [-0.2, 0) is 4.79 Å². The maximum Gasteiger partial charge on any atom is 0.227 e. The predicted molar refractivity (Wildman–Crippen MR) is 86.7 cm³/mol. The number of amides is 1. The normalized spacial score (nSPS) is 19.2. The molecular weight excluding hydrogens is 260 g/mol. The van der Waals surface area contributed by atoms with Crippen LogP contribution in [0.1, 0.15) is 58.1 Å². The molecule has 0 heterocycles. The quantitative estimate of drug-likeness (QED) is 0.892. The van der Waals surface area contributed by atoms with Crippen LogP contribution in [-0.4, -0.2) is 12.5 Å². The summed E-state index contributed by atoms with van der Waals surface area (Å²) in [5.74, 6) is 0.131. The van der Waals surface area contributed by atoms with Gasteiger partial charge in [0.1, 0.15) is 0 Å². The zero-order valence-corrected chi connectivity index (χ0v) is 13.5. The van der Waals surface area contributed by atoms with E-state index in [-0.39, 0.29) is 22.8 Å². The van der Waals surface area contributed by atoms with Gasteiger partial charge in [-0.15, -0.1) is 0 Å². The van der Waals surface area contributed by atoms with Crippen LogP contribution in [0, 0.1) is 10.8 Å². The fourth-order valence-electron chi connectivity index (χ4n) is 3.31. The number of hydrogen-bond acceptors (Lipinski definition) is 2. The molecule has 3 nitrogen and oxygen atoms in total. The second-order valence-electron chi connectivity index (χ2n) is 7.37. The Kier molecular flexibility index (Phi) is 4.72. The van der Waals surface area contributed by atoms with Gasteiger partial charge in [0.15, 0.2) is 0 Å². The Bertz CT molecular complexity index is 470. The average molecular weight is 288 g/mol. The van der Waals surface area contributed by atoms with Crippen LogP contribution < -0.4 is 11.1 Å². The van der Waals surface area contributed by atoms with E-state index in [1.165, 1.54) is 0 Å². The van der Waals surface area contributed by atoms with Gasteiger partial charge in [0.05, 0.1) is 11.5 Å². The minimum Gasteiger partial charge on any atom is -0.348 e. The molecule has 0 spiro atoms. The highest BCUT2D eigenvalue weighted by atomic mass is 16.2. The third kappa shape index (κ3) is 3.46. The number of carbonyl (C=O) groups is 1. The van der Waals surface area contributed by atoms with Crippen molar-refractivity contribution in [2.75, 3.05) is 6.54 Å². The van der Waals surface area contributed by atoms with Gasteiger partial charge in [-0.3, -0.25) is 4.79 Å². The minimum absolute atomic E-state index is 0.00947. The van der Waals surface area contributed by atoms with Gasteiger partial charge < -0.3 is 11.1 Å². The van der Waals surface area contributed by atoms with Crippen LogP contribution >= 0.6 is 0 Å². The van der Waals surface area contributed by atoms with Gasteiger partial charge >= 0.3 is 0 Å². The number of nitrogens with one attached hydrogen (secondary N) is 1. The van der Waals surface area contributed by atoms with Crippen molar-refractivity contribution in [3.63, 3.8) is 0 Å². The molecule has 0 aliphatic heterocycles. The summed E-state index contributed by atoms with van der Waals surface area (Å²) >= 11 is 0. The lowest BCUT2D eigenvalue weighted by atomic mass is 9.80. The summed E-state index contributed by atoms with van der Waals surface area (Å²) in [6.07, 6.45) is 4.05. The largest absolute Gasteiger partial charge is 0.348 e. The van der Waals surface area contributed by atoms with E-state index in [9.17, 15) is 4.79 Å². The molecule has 0 aromatic heterocycles. The summed E-state index contributed by atoms with van der Waals surface area (Å²) in [5.41, 5.74) is 6.70. The lowest BCUT2D eigenvalue weighted by molar-refractivity contribution is -0.132. The lowest BCUT2D eigenvalue weighted by Gasteiger charge is -2.36. The molecule has 1 aliphatic rings. The first-order valence-electron chi connectivity index (χ1n) is 7.95. The Morgan fingerprint density at radius 3 is 2.29 bits per heavy atom. The first-order valence-corrected chi connectivity index (χ1v) is 7.95. The van der Waals surface area contributed by atoms with Crippen LogP contribution in [0.4, 0.5) is 0 Å². The number of benzene rings is 1. The van der Waals surface area contributed by atoms with Crippen LogP contribution in [0.3, 0.4) is 0 Å². The zero-order chi connectivity index (χ0) is 15.5.